The first kappa shape index (κ1) is 12.5. The van der Waals surface area contributed by atoms with Crippen LogP contribution in [0.3, 0.4) is 0 Å². The Morgan fingerprint density at radius 2 is 2.00 bits per heavy atom. The summed E-state index contributed by atoms with van der Waals surface area (Å²) in [6.45, 7) is 2.71. The third-order valence-corrected chi connectivity index (χ3v) is 2.99. The summed E-state index contributed by atoms with van der Waals surface area (Å²) in [4.78, 5) is 0. The minimum atomic E-state index is -0.355. The van der Waals surface area contributed by atoms with E-state index in [-0.39, 0.29) is 11.6 Å². The molecule has 2 nitrogen and oxygen atoms in total. The van der Waals surface area contributed by atoms with Crippen molar-refractivity contribution in [3.63, 3.8) is 0 Å². The normalized spacial score (nSPS) is 10.1. The van der Waals surface area contributed by atoms with Gasteiger partial charge in [0.2, 0.25) is 0 Å². The van der Waals surface area contributed by atoms with Gasteiger partial charge in [0.25, 0.3) is 0 Å². The minimum Gasteiger partial charge on any atom is -0.494 e. The fraction of sp³-hybridized carbons (Fsp3) is 0.455. The van der Waals surface area contributed by atoms with Crippen LogP contribution in [0.25, 0.3) is 0 Å². The van der Waals surface area contributed by atoms with E-state index in [1.807, 2.05) is 22.6 Å². The summed E-state index contributed by atoms with van der Waals surface area (Å²) in [6.07, 6.45) is 2.04. The molecule has 4 heteroatoms. The number of halogens is 2. The third kappa shape index (κ3) is 3.22. The average Bonchev–Trinajstić information content (AvgIpc) is 2.25. The molecule has 0 spiro atoms. The predicted octanol–water partition coefficient (Wildman–Crippen LogP) is 3.62. The van der Waals surface area contributed by atoms with Crippen molar-refractivity contribution in [3.8, 4) is 11.5 Å². The topological polar surface area (TPSA) is 18.5 Å². The van der Waals surface area contributed by atoms with Crippen molar-refractivity contribution >= 4 is 22.6 Å². The van der Waals surface area contributed by atoms with E-state index in [4.69, 9.17) is 9.47 Å². The molecule has 1 aromatic carbocycles. The Hall–Kier alpha value is -0.520. The first-order valence-corrected chi connectivity index (χ1v) is 5.93. The number of unbranched alkanes of at least 4 members (excludes halogenated alkanes) is 1. The number of ether oxygens (including phenoxy) is 2. The lowest BCUT2D eigenvalue weighted by Crippen LogP contribution is -2.00. The summed E-state index contributed by atoms with van der Waals surface area (Å²) >= 11 is 1.93. The Bertz CT molecular complexity index is 329. The van der Waals surface area contributed by atoms with Crippen molar-refractivity contribution in [2.75, 3.05) is 13.7 Å². The average molecular weight is 324 g/mol. The van der Waals surface area contributed by atoms with Crippen molar-refractivity contribution in [1.29, 1.82) is 0 Å². The van der Waals surface area contributed by atoms with Gasteiger partial charge in [-0.15, -0.1) is 0 Å². The van der Waals surface area contributed by atoms with E-state index >= 15 is 0 Å². The zero-order chi connectivity index (χ0) is 11.3. The largest absolute Gasteiger partial charge is 0.494 e. The molecular weight excluding hydrogens is 310 g/mol. The molecule has 0 saturated heterocycles. The number of hydrogen-bond acceptors (Lipinski definition) is 2. The van der Waals surface area contributed by atoms with Crippen molar-refractivity contribution in [2.24, 2.45) is 0 Å². The van der Waals surface area contributed by atoms with E-state index in [1.54, 1.807) is 12.1 Å². The van der Waals surface area contributed by atoms with Gasteiger partial charge in [0, 0.05) is 0 Å². The zero-order valence-corrected chi connectivity index (χ0v) is 11.0. The first-order chi connectivity index (χ1) is 7.20. The summed E-state index contributed by atoms with van der Waals surface area (Å²) in [6, 6.07) is 3.32. The van der Waals surface area contributed by atoms with E-state index in [0.717, 1.165) is 12.8 Å². The highest BCUT2D eigenvalue weighted by atomic mass is 127. The molecule has 0 fully saturated rings. The van der Waals surface area contributed by atoms with Crippen LogP contribution >= 0.6 is 22.6 Å². The third-order valence-electron chi connectivity index (χ3n) is 1.99. The Kier molecular flexibility index (Phi) is 5.14. The van der Waals surface area contributed by atoms with E-state index in [1.165, 1.54) is 7.11 Å². The van der Waals surface area contributed by atoms with Crippen LogP contribution in [0.2, 0.25) is 0 Å². The molecule has 0 unspecified atom stereocenters. The fourth-order valence-corrected chi connectivity index (χ4v) is 1.71. The smallest absolute Gasteiger partial charge is 0.182 e. The molecule has 1 rings (SSSR count). The van der Waals surface area contributed by atoms with Gasteiger partial charge in [-0.3, -0.25) is 0 Å². The van der Waals surface area contributed by atoms with E-state index in [9.17, 15) is 4.39 Å². The Morgan fingerprint density at radius 1 is 1.33 bits per heavy atom. The highest BCUT2D eigenvalue weighted by molar-refractivity contribution is 14.1. The molecule has 0 N–H and O–H groups in total. The quantitative estimate of drug-likeness (QED) is 0.608. The van der Waals surface area contributed by atoms with Crippen LogP contribution in [0, 0.1) is 9.39 Å². The summed E-state index contributed by atoms with van der Waals surface area (Å²) in [5.74, 6) is 0.483. The number of hydrogen-bond donors (Lipinski definition) is 0. The summed E-state index contributed by atoms with van der Waals surface area (Å²) in [5.41, 5.74) is 0. The molecule has 0 aromatic heterocycles. The second kappa shape index (κ2) is 6.15. The molecule has 0 amide bonds. The summed E-state index contributed by atoms with van der Waals surface area (Å²) in [5, 5.41) is 0. The molecule has 0 aliphatic heterocycles. The van der Waals surface area contributed by atoms with Gasteiger partial charge in [-0.05, 0) is 41.1 Å². The van der Waals surface area contributed by atoms with Crippen LogP contribution in [-0.2, 0) is 0 Å². The Morgan fingerprint density at radius 3 is 2.60 bits per heavy atom. The van der Waals surface area contributed by atoms with Gasteiger partial charge < -0.3 is 9.47 Å². The Labute approximate surface area is 103 Å². The lowest BCUT2D eigenvalue weighted by atomic mass is 10.3. The van der Waals surface area contributed by atoms with Crippen LogP contribution in [-0.4, -0.2) is 13.7 Å². The van der Waals surface area contributed by atoms with Crippen molar-refractivity contribution in [2.45, 2.75) is 19.8 Å². The first-order valence-electron chi connectivity index (χ1n) is 4.85. The number of rotatable bonds is 5. The molecule has 0 aliphatic rings. The van der Waals surface area contributed by atoms with Gasteiger partial charge >= 0.3 is 0 Å². The van der Waals surface area contributed by atoms with Crippen LogP contribution in [0.5, 0.6) is 11.5 Å². The van der Waals surface area contributed by atoms with Crippen LogP contribution in [0.1, 0.15) is 19.8 Å². The fourth-order valence-electron chi connectivity index (χ4n) is 1.11. The highest BCUT2D eigenvalue weighted by Crippen LogP contribution is 2.30. The second-order valence-corrected chi connectivity index (χ2v) is 4.17. The van der Waals surface area contributed by atoms with E-state index in [2.05, 4.69) is 6.92 Å². The summed E-state index contributed by atoms with van der Waals surface area (Å²) in [7, 11) is 1.45. The molecule has 0 radical (unpaired) electrons. The molecule has 15 heavy (non-hydrogen) atoms. The van der Waals surface area contributed by atoms with Crippen LogP contribution in [0.4, 0.5) is 4.39 Å². The summed E-state index contributed by atoms with van der Waals surface area (Å²) < 4.78 is 24.4. The van der Waals surface area contributed by atoms with Crippen molar-refractivity contribution in [1.82, 2.24) is 0 Å². The maximum Gasteiger partial charge on any atom is 0.182 e. The van der Waals surface area contributed by atoms with Gasteiger partial charge in [-0.1, -0.05) is 13.3 Å². The monoisotopic (exact) mass is 324 g/mol. The molecule has 1 aromatic rings. The maximum absolute atomic E-state index is 13.6. The van der Waals surface area contributed by atoms with E-state index in [0.29, 0.717) is 15.9 Å². The number of benzene rings is 1. The van der Waals surface area contributed by atoms with Gasteiger partial charge in [-0.25, -0.2) is 4.39 Å². The standard InChI is InChI=1S/C11H14FIO2/c1-3-4-7-15-9-6-5-8(14-2)10(12)11(9)13/h5-6H,3-4,7H2,1-2H3. The van der Waals surface area contributed by atoms with Crippen molar-refractivity contribution in [3.05, 3.63) is 21.5 Å². The van der Waals surface area contributed by atoms with Crippen LogP contribution in [0.15, 0.2) is 12.1 Å². The zero-order valence-electron chi connectivity index (χ0n) is 8.85. The molecular formula is C11H14FIO2. The molecule has 84 valence electrons. The van der Waals surface area contributed by atoms with Gasteiger partial charge in [-0.2, -0.15) is 0 Å². The highest BCUT2D eigenvalue weighted by Gasteiger charge is 2.12. The lowest BCUT2D eigenvalue weighted by Gasteiger charge is -2.10. The van der Waals surface area contributed by atoms with Gasteiger partial charge in [0.05, 0.1) is 17.3 Å². The molecule has 0 atom stereocenters. The lowest BCUT2D eigenvalue weighted by molar-refractivity contribution is 0.303. The Balaban J connectivity index is 2.77. The SMILES string of the molecule is CCCCOc1ccc(OC)c(F)c1I. The molecule has 0 bridgehead atoms. The van der Waals surface area contributed by atoms with E-state index < -0.39 is 0 Å². The molecule has 0 saturated carbocycles. The van der Waals surface area contributed by atoms with Gasteiger partial charge in [0.1, 0.15) is 5.75 Å². The van der Waals surface area contributed by atoms with Crippen LogP contribution < -0.4 is 9.47 Å². The predicted molar refractivity (Wildman–Crippen MR) is 66.1 cm³/mol. The second-order valence-electron chi connectivity index (χ2n) is 3.10. The maximum atomic E-state index is 13.6. The number of methoxy groups -OCH3 is 1. The van der Waals surface area contributed by atoms with Gasteiger partial charge in [0.15, 0.2) is 11.6 Å². The molecule has 0 aliphatic carbocycles. The molecule has 0 heterocycles. The van der Waals surface area contributed by atoms with Crippen molar-refractivity contribution < 1.29 is 13.9 Å². The minimum absolute atomic E-state index is 0.252.